The molecule has 17 heavy (non-hydrogen) atoms. The summed E-state index contributed by atoms with van der Waals surface area (Å²) in [7, 11) is 5.92. The molecule has 1 aromatic rings. The van der Waals surface area contributed by atoms with Gasteiger partial charge in [0.1, 0.15) is 5.82 Å². The summed E-state index contributed by atoms with van der Waals surface area (Å²) in [5, 5.41) is 8.81. The van der Waals surface area contributed by atoms with E-state index >= 15 is 0 Å². The molecule has 94 valence electrons. The van der Waals surface area contributed by atoms with Gasteiger partial charge in [0.15, 0.2) is 5.69 Å². The third-order valence-electron chi connectivity index (χ3n) is 2.33. The van der Waals surface area contributed by atoms with Crippen molar-refractivity contribution >= 4 is 11.8 Å². The Balaban J connectivity index is 2.59. The Labute approximate surface area is 101 Å². The predicted octanol–water partition coefficient (Wildman–Crippen LogP) is 0.563. The van der Waals surface area contributed by atoms with Crippen molar-refractivity contribution in [2.75, 3.05) is 39.1 Å². The first kappa shape index (κ1) is 13.4. The van der Waals surface area contributed by atoms with E-state index in [1.807, 2.05) is 26.0 Å². The monoisotopic (exact) mass is 238 g/mol. The van der Waals surface area contributed by atoms with Gasteiger partial charge in [0, 0.05) is 13.6 Å². The van der Waals surface area contributed by atoms with Crippen molar-refractivity contribution in [2.45, 2.75) is 6.42 Å². The van der Waals surface area contributed by atoms with Crippen molar-refractivity contribution < 1.29 is 9.90 Å². The molecule has 1 heterocycles. The van der Waals surface area contributed by atoms with Crippen LogP contribution >= 0.6 is 0 Å². The van der Waals surface area contributed by atoms with Crippen LogP contribution in [0.1, 0.15) is 16.9 Å². The second-order valence-electron chi connectivity index (χ2n) is 4.15. The number of carboxylic acid groups (broad SMARTS) is 1. The second kappa shape index (κ2) is 6.15. The number of rotatable bonds is 6. The van der Waals surface area contributed by atoms with Crippen LogP contribution < -0.4 is 4.90 Å². The third kappa shape index (κ3) is 4.36. The molecule has 6 nitrogen and oxygen atoms in total. The lowest BCUT2D eigenvalue weighted by molar-refractivity contribution is 0.0690. The van der Waals surface area contributed by atoms with Crippen molar-refractivity contribution in [3.05, 3.63) is 18.1 Å². The molecule has 0 aromatic carbocycles. The average Bonchev–Trinajstić information content (AvgIpc) is 2.28. The minimum atomic E-state index is -1.05. The molecule has 0 radical (unpaired) electrons. The van der Waals surface area contributed by atoms with Gasteiger partial charge in [-0.2, -0.15) is 0 Å². The number of carboxylic acids is 1. The Hall–Kier alpha value is -1.69. The van der Waals surface area contributed by atoms with E-state index in [2.05, 4.69) is 14.9 Å². The summed E-state index contributed by atoms with van der Waals surface area (Å²) < 4.78 is 0. The predicted molar refractivity (Wildman–Crippen MR) is 65.4 cm³/mol. The lowest BCUT2D eigenvalue weighted by atomic mass is 10.3. The van der Waals surface area contributed by atoms with Crippen molar-refractivity contribution in [1.29, 1.82) is 0 Å². The minimum Gasteiger partial charge on any atom is -0.476 e. The van der Waals surface area contributed by atoms with Crippen molar-refractivity contribution in [3.8, 4) is 0 Å². The maximum Gasteiger partial charge on any atom is 0.356 e. The van der Waals surface area contributed by atoms with Crippen LogP contribution in [0, 0.1) is 0 Å². The second-order valence-corrected chi connectivity index (χ2v) is 4.15. The number of carbonyl (C=O) groups is 1. The van der Waals surface area contributed by atoms with E-state index in [0.717, 1.165) is 19.5 Å². The number of hydrogen-bond donors (Lipinski definition) is 1. The highest BCUT2D eigenvalue weighted by Gasteiger charge is 2.08. The van der Waals surface area contributed by atoms with Gasteiger partial charge in [-0.15, -0.1) is 0 Å². The summed E-state index contributed by atoms with van der Waals surface area (Å²) in [5.74, 6) is -0.468. The Kier molecular flexibility index (Phi) is 4.84. The molecular formula is C11H18N4O2. The first-order chi connectivity index (χ1) is 8.00. The number of hydrogen-bond acceptors (Lipinski definition) is 5. The van der Waals surface area contributed by atoms with E-state index in [4.69, 9.17) is 5.11 Å². The van der Waals surface area contributed by atoms with E-state index in [1.165, 1.54) is 6.20 Å². The normalized spacial score (nSPS) is 10.6. The quantitative estimate of drug-likeness (QED) is 0.781. The van der Waals surface area contributed by atoms with Crippen LogP contribution in [0.4, 0.5) is 5.82 Å². The maximum atomic E-state index is 10.8. The first-order valence-corrected chi connectivity index (χ1v) is 5.42. The zero-order valence-corrected chi connectivity index (χ0v) is 10.4. The molecule has 1 N–H and O–H groups in total. The molecule has 0 unspecified atom stereocenters. The highest BCUT2D eigenvalue weighted by Crippen LogP contribution is 2.08. The molecule has 0 spiro atoms. The van der Waals surface area contributed by atoms with Crippen molar-refractivity contribution in [1.82, 2.24) is 14.9 Å². The lowest BCUT2D eigenvalue weighted by Gasteiger charge is -2.19. The van der Waals surface area contributed by atoms with E-state index in [-0.39, 0.29) is 5.69 Å². The van der Waals surface area contributed by atoms with E-state index in [9.17, 15) is 4.79 Å². The molecule has 0 fully saturated rings. The number of aromatic nitrogens is 2. The van der Waals surface area contributed by atoms with Crippen LogP contribution in [0.15, 0.2) is 12.4 Å². The summed E-state index contributed by atoms with van der Waals surface area (Å²) in [6, 6.07) is 0. The molecule has 0 amide bonds. The van der Waals surface area contributed by atoms with Gasteiger partial charge in [-0.25, -0.2) is 9.78 Å². The standard InChI is InChI=1S/C11H18N4O2/c1-14(2)5-4-6-15(3)10-8-12-7-9(13-10)11(16)17/h7-8H,4-6H2,1-3H3,(H,16,17). The molecule has 0 aliphatic heterocycles. The molecular weight excluding hydrogens is 220 g/mol. The highest BCUT2D eigenvalue weighted by molar-refractivity contribution is 5.85. The van der Waals surface area contributed by atoms with E-state index in [0.29, 0.717) is 5.82 Å². The Morgan fingerprint density at radius 2 is 2.00 bits per heavy atom. The van der Waals surface area contributed by atoms with Gasteiger partial charge in [-0.3, -0.25) is 4.98 Å². The van der Waals surface area contributed by atoms with Gasteiger partial charge in [0.25, 0.3) is 0 Å². The molecule has 0 saturated carbocycles. The van der Waals surface area contributed by atoms with Crippen LogP contribution in [-0.4, -0.2) is 60.2 Å². The van der Waals surface area contributed by atoms with Gasteiger partial charge in [0.05, 0.1) is 12.4 Å². The van der Waals surface area contributed by atoms with Gasteiger partial charge in [-0.05, 0) is 27.1 Å². The fourth-order valence-electron chi connectivity index (χ4n) is 1.38. The summed E-state index contributed by atoms with van der Waals surface area (Å²) >= 11 is 0. The molecule has 0 saturated heterocycles. The average molecular weight is 238 g/mol. The smallest absolute Gasteiger partial charge is 0.356 e. The Bertz CT molecular complexity index is 381. The van der Waals surface area contributed by atoms with Gasteiger partial charge in [0.2, 0.25) is 0 Å². The largest absolute Gasteiger partial charge is 0.476 e. The lowest BCUT2D eigenvalue weighted by Crippen LogP contribution is -2.24. The first-order valence-electron chi connectivity index (χ1n) is 5.42. The molecule has 0 aliphatic carbocycles. The summed E-state index contributed by atoms with van der Waals surface area (Å²) in [6.07, 6.45) is 3.81. The van der Waals surface area contributed by atoms with E-state index in [1.54, 1.807) is 6.20 Å². The van der Waals surface area contributed by atoms with Crippen LogP contribution in [-0.2, 0) is 0 Å². The van der Waals surface area contributed by atoms with Crippen LogP contribution in [0.3, 0.4) is 0 Å². The van der Waals surface area contributed by atoms with Crippen molar-refractivity contribution in [2.24, 2.45) is 0 Å². The van der Waals surface area contributed by atoms with Crippen LogP contribution in [0.2, 0.25) is 0 Å². The fourth-order valence-corrected chi connectivity index (χ4v) is 1.38. The molecule has 0 atom stereocenters. The van der Waals surface area contributed by atoms with Gasteiger partial charge >= 0.3 is 5.97 Å². The maximum absolute atomic E-state index is 10.8. The molecule has 0 bridgehead atoms. The SMILES string of the molecule is CN(C)CCCN(C)c1cncc(C(=O)O)n1. The zero-order valence-electron chi connectivity index (χ0n) is 10.4. The zero-order chi connectivity index (χ0) is 12.8. The molecule has 6 heteroatoms. The van der Waals surface area contributed by atoms with Gasteiger partial charge in [-0.1, -0.05) is 0 Å². The molecule has 1 aromatic heterocycles. The highest BCUT2D eigenvalue weighted by atomic mass is 16.4. The summed E-state index contributed by atoms with van der Waals surface area (Å²) in [4.78, 5) is 22.7. The van der Waals surface area contributed by atoms with Crippen LogP contribution in [0.5, 0.6) is 0 Å². The summed E-state index contributed by atoms with van der Waals surface area (Å²) in [6.45, 7) is 1.80. The molecule has 1 rings (SSSR count). The number of nitrogens with zero attached hydrogens (tertiary/aromatic N) is 4. The van der Waals surface area contributed by atoms with Gasteiger partial charge < -0.3 is 14.9 Å². The van der Waals surface area contributed by atoms with Crippen LogP contribution in [0.25, 0.3) is 0 Å². The topological polar surface area (TPSA) is 69.6 Å². The van der Waals surface area contributed by atoms with E-state index < -0.39 is 5.97 Å². The molecule has 0 aliphatic rings. The Morgan fingerprint density at radius 1 is 1.29 bits per heavy atom. The fraction of sp³-hybridized carbons (Fsp3) is 0.545. The van der Waals surface area contributed by atoms with Crippen molar-refractivity contribution in [3.63, 3.8) is 0 Å². The minimum absolute atomic E-state index is 0.0260. The number of anilines is 1. The summed E-state index contributed by atoms with van der Waals surface area (Å²) in [5.41, 5.74) is -0.0260. The number of aromatic carboxylic acids is 1. The third-order valence-corrected chi connectivity index (χ3v) is 2.33. The Morgan fingerprint density at radius 3 is 2.59 bits per heavy atom.